The zero-order valence-corrected chi connectivity index (χ0v) is 13.7. The zero-order valence-electron chi connectivity index (χ0n) is 12.1. The molecule has 0 spiro atoms. The van der Waals surface area contributed by atoms with E-state index in [0.29, 0.717) is 4.21 Å². The average Bonchev–Trinajstić information content (AvgIpc) is 2.74. The minimum Gasteiger partial charge on any atom is -0.395 e. The fourth-order valence-corrected chi connectivity index (χ4v) is 4.27. The fourth-order valence-electron chi connectivity index (χ4n) is 1.51. The molecule has 0 aliphatic carbocycles. The second-order valence-electron chi connectivity index (χ2n) is 6.02. The molecular formula is C13H23NO3S2. The molecule has 1 atom stereocenters. The van der Waals surface area contributed by atoms with Crippen LogP contribution in [-0.2, 0) is 15.4 Å². The maximum Gasteiger partial charge on any atom is 0.250 e. The van der Waals surface area contributed by atoms with Crippen LogP contribution in [0.2, 0.25) is 0 Å². The first kappa shape index (κ1) is 16.6. The molecule has 1 heterocycles. The maximum absolute atomic E-state index is 12.2. The number of thiophene rings is 1. The summed E-state index contributed by atoms with van der Waals surface area (Å²) in [6.07, 6.45) is 0. The molecule has 0 saturated heterocycles. The van der Waals surface area contributed by atoms with Crippen molar-refractivity contribution in [2.24, 2.45) is 5.92 Å². The van der Waals surface area contributed by atoms with Crippen molar-refractivity contribution in [2.75, 3.05) is 6.61 Å². The fraction of sp³-hybridized carbons (Fsp3) is 0.692. The zero-order chi connectivity index (χ0) is 14.8. The molecule has 0 saturated carbocycles. The molecular weight excluding hydrogens is 282 g/mol. The Morgan fingerprint density at radius 2 is 1.89 bits per heavy atom. The predicted octanol–water partition coefficient (Wildman–Crippen LogP) is 2.34. The third-order valence-electron chi connectivity index (χ3n) is 2.89. The summed E-state index contributed by atoms with van der Waals surface area (Å²) in [5, 5.41) is 9.22. The number of aliphatic hydroxyl groups is 1. The van der Waals surface area contributed by atoms with Crippen molar-refractivity contribution in [1.82, 2.24) is 4.72 Å². The van der Waals surface area contributed by atoms with Gasteiger partial charge in [-0.2, -0.15) is 0 Å². The Balaban J connectivity index is 2.98. The van der Waals surface area contributed by atoms with Gasteiger partial charge in [-0.1, -0.05) is 34.6 Å². The number of nitrogens with one attached hydrogen (secondary N) is 1. The summed E-state index contributed by atoms with van der Waals surface area (Å²) in [5.74, 6) is 0.0434. The van der Waals surface area contributed by atoms with Gasteiger partial charge in [0.15, 0.2) is 0 Å². The van der Waals surface area contributed by atoms with Gasteiger partial charge >= 0.3 is 0 Å². The topological polar surface area (TPSA) is 66.4 Å². The summed E-state index contributed by atoms with van der Waals surface area (Å²) >= 11 is 1.28. The first-order valence-corrected chi connectivity index (χ1v) is 8.61. The van der Waals surface area contributed by atoms with E-state index in [-0.39, 0.29) is 17.9 Å². The van der Waals surface area contributed by atoms with Crippen LogP contribution >= 0.6 is 11.3 Å². The van der Waals surface area contributed by atoms with Crippen LogP contribution in [0.1, 0.15) is 39.5 Å². The third-order valence-corrected chi connectivity index (χ3v) is 6.39. The van der Waals surface area contributed by atoms with Crippen LogP contribution in [0.3, 0.4) is 0 Å². The van der Waals surface area contributed by atoms with Crippen LogP contribution in [0.5, 0.6) is 0 Å². The summed E-state index contributed by atoms with van der Waals surface area (Å²) in [6, 6.07) is 3.02. The van der Waals surface area contributed by atoms with E-state index in [2.05, 4.69) is 4.72 Å². The van der Waals surface area contributed by atoms with E-state index in [1.165, 1.54) is 11.3 Å². The molecule has 1 rings (SSSR count). The van der Waals surface area contributed by atoms with Crippen LogP contribution in [0.25, 0.3) is 0 Å². The Kier molecular flexibility index (Phi) is 5.17. The van der Waals surface area contributed by atoms with Crippen molar-refractivity contribution in [3.63, 3.8) is 0 Å². The number of hydrogen-bond acceptors (Lipinski definition) is 4. The van der Waals surface area contributed by atoms with Gasteiger partial charge in [-0.25, -0.2) is 13.1 Å². The van der Waals surface area contributed by atoms with Gasteiger partial charge in [0.25, 0.3) is 0 Å². The Morgan fingerprint density at radius 3 is 2.26 bits per heavy atom. The van der Waals surface area contributed by atoms with Crippen LogP contribution < -0.4 is 4.72 Å². The lowest BCUT2D eigenvalue weighted by molar-refractivity contribution is 0.228. The summed E-state index contributed by atoms with van der Waals surface area (Å²) in [5.41, 5.74) is -0.0626. The quantitative estimate of drug-likeness (QED) is 0.877. The third kappa shape index (κ3) is 4.27. The maximum atomic E-state index is 12.2. The molecule has 0 aliphatic rings. The monoisotopic (exact) mass is 305 g/mol. The Morgan fingerprint density at radius 1 is 1.32 bits per heavy atom. The Labute approximate surface area is 119 Å². The largest absolute Gasteiger partial charge is 0.395 e. The van der Waals surface area contributed by atoms with E-state index in [4.69, 9.17) is 0 Å². The molecule has 6 heteroatoms. The van der Waals surface area contributed by atoms with Crippen LogP contribution in [0, 0.1) is 5.92 Å². The van der Waals surface area contributed by atoms with Gasteiger partial charge in [-0.3, -0.25) is 0 Å². The average molecular weight is 305 g/mol. The molecule has 0 bridgehead atoms. The van der Waals surface area contributed by atoms with Gasteiger partial charge in [-0.05, 0) is 23.5 Å². The molecule has 0 unspecified atom stereocenters. The molecule has 2 N–H and O–H groups in total. The van der Waals surface area contributed by atoms with Crippen molar-refractivity contribution in [1.29, 1.82) is 0 Å². The first-order valence-electron chi connectivity index (χ1n) is 6.31. The van der Waals surface area contributed by atoms with Crippen molar-refractivity contribution in [2.45, 2.75) is 50.3 Å². The van der Waals surface area contributed by atoms with Crippen molar-refractivity contribution < 1.29 is 13.5 Å². The molecule has 0 aliphatic heterocycles. The van der Waals surface area contributed by atoms with Crippen LogP contribution in [0.15, 0.2) is 16.3 Å². The second-order valence-corrected chi connectivity index (χ2v) is 9.05. The molecule has 1 aromatic rings. The van der Waals surface area contributed by atoms with Gasteiger partial charge in [-0.15, -0.1) is 11.3 Å². The molecule has 19 heavy (non-hydrogen) atoms. The lowest BCUT2D eigenvalue weighted by Crippen LogP contribution is -2.40. The predicted molar refractivity (Wildman–Crippen MR) is 79.1 cm³/mol. The summed E-state index contributed by atoms with van der Waals surface area (Å²) in [4.78, 5) is 1.03. The lowest BCUT2D eigenvalue weighted by atomic mass is 9.95. The SMILES string of the molecule is CC(C)[C@@H](CO)NS(=O)(=O)c1ccc(C(C)(C)C)s1. The molecule has 0 amide bonds. The van der Waals surface area contributed by atoms with Crippen molar-refractivity contribution in [3.8, 4) is 0 Å². The van der Waals surface area contributed by atoms with Gasteiger partial charge < -0.3 is 5.11 Å². The lowest BCUT2D eigenvalue weighted by Gasteiger charge is -2.19. The van der Waals surface area contributed by atoms with Gasteiger partial charge in [0, 0.05) is 10.9 Å². The highest BCUT2D eigenvalue weighted by Crippen LogP contribution is 2.31. The van der Waals surface area contributed by atoms with E-state index in [0.717, 1.165) is 4.88 Å². The second kappa shape index (κ2) is 5.91. The minimum atomic E-state index is -3.55. The van der Waals surface area contributed by atoms with E-state index in [1.807, 2.05) is 40.7 Å². The first-order chi connectivity index (χ1) is 8.58. The molecule has 4 nitrogen and oxygen atoms in total. The molecule has 0 radical (unpaired) electrons. The molecule has 1 aromatic heterocycles. The van der Waals surface area contributed by atoms with Gasteiger partial charge in [0.05, 0.1) is 6.61 Å². The highest BCUT2D eigenvalue weighted by atomic mass is 32.2. The van der Waals surface area contributed by atoms with E-state index < -0.39 is 16.1 Å². The standard InChI is InChI=1S/C13H23NO3S2/c1-9(2)10(8-15)14-19(16,17)12-7-6-11(18-12)13(3,4)5/h6-7,9-10,14-15H,8H2,1-5H3/t10-/m1/s1. The van der Waals surface area contributed by atoms with Crippen LogP contribution in [-0.4, -0.2) is 26.2 Å². The summed E-state index contributed by atoms with van der Waals surface area (Å²) in [6.45, 7) is 9.69. The van der Waals surface area contributed by atoms with E-state index in [9.17, 15) is 13.5 Å². The highest BCUT2D eigenvalue weighted by molar-refractivity contribution is 7.91. The molecule has 0 fully saturated rings. The smallest absolute Gasteiger partial charge is 0.250 e. The highest BCUT2D eigenvalue weighted by Gasteiger charge is 2.25. The van der Waals surface area contributed by atoms with Crippen LogP contribution in [0.4, 0.5) is 0 Å². The summed E-state index contributed by atoms with van der Waals surface area (Å²) < 4.78 is 27.3. The molecule has 110 valence electrons. The van der Waals surface area contributed by atoms with E-state index in [1.54, 1.807) is 6.07 Å². The molecule has 0 aromatic carbocycles. The number of aliphatic hydroxyl groups excluding tert-OH is 1. The Hall–Kier alpha value is -0.430. The van der Waals surface area contributed by atoms with Crippen molar-refractivity contribution >= 4 is 21.4 Å². The van der Waals surface area contributed by atoms with Gasteiger partial charge in [0.2, 0.25) is 10.0 Å². The Bertz CT molecular complexity index is 512. The number of hydrogen-bond donors (Lipinski definition) is 2. The summed E-state index contributed by atoms with van der Waals surface area (Å²) in [7, 11) is -3.55. The normalized spacial score (nSPS) is 14.9. The van der Waals surface area contributed by atoms with Gasteiger partial charge in [0.1, 0.15) is 4.21 Å². The number of sulfonamides is 1. The number of rotatable bonds is 5. The van der Waals surface area contributed by atoms with Crippen molar-refractivity contribution in [3.05, 3.63) is 17.0 Å². The van der Waals surface area contributed by atoms with E-state index >= 15 is 0 Å². The minimum absolute atomic E-state index is 0.0434.